The Morgan fingerprint density at radius 3 is 2.69 bits per heavy atom. The summed E-state index contributed by atoms with van der Waals surface area (Å²) in [5.41, 5.74) is 1.78. The molecular formula is C25H27NO6. The first-order valence-electron chi connectivity index (χ1n) is 10.8. The minimum Gasteiger partial charge on any atom is -0.508 e. The molecule has 168 valence electrons. The Bertz CT molecular complexity index is 1070. The molecule has 2 N–H and O–H groups in total. The van der Waals surface area contributed by atoms with Gasteiger partial charge in [0.2, 0.25) is 0 Å². The highest BCUT2D eigenvalue weighted by atomic mass is 16.5. The summed E-state index contributed by atoms with van der Waals surface area (Å²) in [4.78, 5) is 27.5. The van der Waals surface area contributed by atoms with Crippen molar-refractivity contribution in [1.82, 2.24) is 4.90 Å². The molecule has 32 heavy (non-hydrogen) atoms. The number of aliphatic hydroxyl groups is 1. The van der Waals surface area contributed by atoms with Gasteiger partial charge in [0.1, 0.15) is 17.3 Å². The third-order valence-corrected chi connectivity index (χ3v) is 5.90. The van der Waals surface area contributed by atoms with E-state index >= 15 is 0 Å². The number of rotatable bonds is 6. The molecule has 2 aromatic rings. The van der Waals surface area contributed by atoms with Crippen molar-refractivity contribution in [3.8, 4) is 11.5 Å². The lowest BCUT2D eigenvalue weighted by Gasteiger charge is -2.27. The second-order valence-electron chi connectivity index (χ2n) is 8.09. The average molecular weight is 437 g/mol. The lowest BCUT2D eigenvalue weighted by Crippen LogP contribution is -2.36. The van der Waals surface area contributed by atoms with Crippen LogP contribution in [-0.2, 0) is 14.3 Å². The van der Waals surface area contributed by atoms with E-state index in [4.69, 9.17) is 9.47 Å². The molecule has 1 amide bonds. The van der Waals surface area contributed by atoms with Gasteiger partial charge in [-0.05, 0) is 68.1 Å². The van der Waals surface area contributed by atoms with E-state index < -0.39 is 17.7 Å². The number of aryl methyl sites for hydroxylation is 1. The Balaban J connectivity index is 1.81. The average Bonchev–Trinajstić information content (AvgIpc) is 3.37. The molecule has 2 saturated heterocycles. The zero-order chi connectivity index (χ0) is 22.8. The van der Waals surface area contributed by atoms with Crippen LogP contribution >= 0.6 is 0 Å². The number of Topliss-reactive ketones (excluding diaryl/α,β-unsaturated/α-hetero) is 1. The highest BCUT2D eigenvalue weighted by molar-refractivity contribution is 6.46. The van der Waals surface area contributed by atoms with E-state index in [0.717, 1.165) is 18.4 Å². The third-order valence-electron chi connectivity index (χ3n) is 5.90. The summed E-state index contributed by atoms with van der Waals surface area (Å²) < 4.78 is 11.3. The summed E-state index contributed by atoms with van der Waals surface area (Å²) in [6.07, 6.45) is 1.53. The van der Waals surface area contributed by atoms with E-state index in [0.29, 0.717) is 30.1 Å². The van der Waals surface area contributed by atoms with Crippen molar-refractivity contribution in [3.05, 3.63) is 64.7 Å². The molecule has 2 aromatic carbocycles. The first-order valence-corrected chi connectivity index (χ1v) is 10.8. The number of benzene rings is 2. The maximum atomic E-state index is 13.1. The molecule has 0 saturated carbocycles. The number of amides is 1. The highest BCUT2D eigenvalue weighted by Gasteiger charge is 2.47. The molecule has 2 atom stereocenters. The van der Waals surface area contributed by atoms with Crippen molar-refractivity contribution in [2.45, 2.75) is 38.8 Å². The standard InChI is InChI=1S/C25H27NO6/c1-3-31-20-10-9-17(12-15(20)2)23(28)21-22(16-6-4-7-18(27)13-16)26(25(30)24(21)29)14-19-8-5-11-32-19/h4,6-7,9-10,12-13,19,22,27-28H,3,5,8,11,14H2,1-2H3/b23-21-. The highest BCUT2D eigenvalue weighted by Crippen LogP contribution is 2.41. The lowest BCUT2D eigenvalue weighted by atomic mass is 9.94. The van der Waals surface area contributed by atoms with Crippen molar-refractivity contribution in [2.24, 2.45) is 0 Å². The van der Waals surface area contributed by atoms with E-state index in [1.54, 1.807) is 30.3 Å². The van der Waals surface area contributed by atoms with E-state index in [9.17, 15) is 19.8 Å². The molecule has 2 aliphatic heterocycles. The minimum absolute atomic E-state index is 0.00200. The number of ketones is 1. The zero-order valence-electron chi connectivity index (χ0n) is 18.2. The van der Waals surface area contributed by atoms with Crippen molar-refractivity contribution < 1.29 is 29.3 Å². The third kappa shape index (κ3) is 4.08. The van der Waals surface area contributed by atoms with Crippen LogP contribution in [0.2, 0.25) is 0 Å². The van der Waals surface area contributed by atoms with Gasteiger partial charge < -0.3 is 24.6 Å². The Morgan fingerprint density at radius 2 is 2.03 bits per heavy atom. The van der Waals surface area contributed by atoms with Crippen LogP contribution in [0.4, 0.5) is 0 Å². The number of ether oxygens (including phenoxy) is 2. The van der Waals surface area contributed by atoms with Crippen LogP contribution < -0.4 is 4.74 Å². The predicted molar refractivity (Wildman–Crippen MR) is 118 cm³/mol. The van der Waals surface area contributed by atoms with Crippen molar-refractivity contribution in [2.75, 3.05) is 19.8 Å². The largest absolute Gasteiger partial charge is 0.508 e. The van der Waals surface area contributed by atoms with Gasteiger partial charge in [-0.3, -0.25) is 9.59 Å². The van der Waals surface area contributed by atoms with E-state index in [1.165, 1.54) is 17.0 Å². The summed E-state index contributed by atoms with van der Waals surface area (Å²) in [5.74, 6) is -0.981. The van der Waals surface area contributed by atoms with E-state index in [-0.39, 0.29) is 29.7 Å². The van der Waals surface area contributed by atoms with Crippen molar-refractivity contribution in [3.63, 3.8) is 0 Å². The number of carbonyl (C=O) groups is 2. The molecular weight excluding hydrogens is 410 g/mol. The summed E-state index contributed by atoms with van der Waals surface area (Å²) in [6.45, 7) is 5.11. The number of nitrogens with zero attached hydrogens (tertiary/aromatic N) is 1. The molecule has 0 bridgehead atoms. The Morgan fingerprint density at radius 1 is 1.22 bits per heavy atom. The summed E-state index contributed by atoms with van der Waals surface area (Å²) in [6, 6.07) is 10.7. The molecule has 7 nitrogen and oxygen atoms in total. The Labute approximate surface area is 186 Å². The number of phenols is 1. The van der Waals surface area contributed by atoms with E-state index in [2.05, 4.69) is 0 Å². The van der Waals surface area contributed by atoms with Crippen LogP contribution in [0.3, 0.4) is 0 Å². The van der Waals surface area contributed by atoms with E-state index in [1.807, 2.05) is 13.8 Å². The summed E-state index contributed by atoms with van der Waals surface area (Å²) in [7, 11) is 0. The van der Waals surface area contributed by atoms with Crippen LogP contribution in [0.5, 0.6) is 11.5 Å². The second-order valence-corrected chi connectivity index (χ2v) is 8.09. The van der Waals surface area contributed by atoms with Crippen LogP contribution in [0.15, 0.2) is 48.0 Å². The van der Waals surface area contributed by atoms with Gasteiger partial charge in [0, 0.05) is 18.7 Å². The van der Waals surface area contributed by atoms with Gasteiger partial charge in [-0.15, -0.1) is 0 Å². The normalized spacial score (nSPS) is 22.5. The number of hydrogen-bond acceptors (Lipinski definition) is 6. The predicted octanol–water partition coefficient (Wildman–Crippen LogP) is 3.70. The maximum absolute atomic E-state index is 13.1. The van der Waals surface area contributed by atoms with Crippen molar-refractivity contribution >= 4 is 17.4 Å². The Kier molecular flexibility index (Phi) is 6.19. The molecule has 7 heteroatoms. The quantitative estimate of drug-likeness (QED) is 0.406. The van der Waals surface area contributed by atoms with Gasteiger partial charge in [0.15, 0.2) is 0 Å². The molecule has 2 heterocycles. The maximum Gasteiger partial charge on any atom is 0.295 e. The number of aromatic hydroxyl groups is 1. The Hall–Kier alpha value is -3.32. The molecule has 0 spiro atoms. The fraction of sp³-hybridized carbons (Fsp3) is 0.360. The summed E-state index contributed by atoms with van der Waals surface area (Å²) >= 11 is 0. The lowest BCUT2D eigenvalue weighted by molar-refractivity contribution is -0.140. The topological polar surface area (TPSA) is 96.3 Å². The van der Waals surface area contributed by atoms with Crippen LogP contribution in [0.1, 0.15) is 42.5 Å². The van der Waals surface area contributed by atoms with Gasteiger partial charge >= 0.3 is 0 Å². The van der Waals surface area contributed by atoms with Gasteiger partial charge in [-0.1, -0.05) is 12.1 Å². The molecule has 4 rings (SSSR count). The van der Waals surface area contributed by atoms with Gasteiger partial charge in [-0.2, -0.15) is 0 Å². The number of carbonyl (C=O) groups excluding carboxylic acids is 2. The fourth-order valence-corrected chi connectivity index (χ4v) is 4.39. The molecule has 0 aliphatic carbocycles. The van der Waals surface area contributed by atoms with Gasteiger partial charge in [0.05, 0.1) is 24.3 Å². The molecule has 2 aliphatic rings. The van der Waals surface area contributed by atoms with Crippen LogP contribution in [0.25, 0.3) is 5.76 Å². The van der Waals surface area contributed by atoms with Gasteiger partial charge in [-0.25, -0.2) is 0 Å². The minimum atomic E-state index is -0.821. The van der Waals surface area contributed by atoms with Crippen LogP contribution in [-0.4, -0.2) is 52.7 Å². The first kappa shape index (κ1) is 21.9. The smallest absolute Gasteiger partial charge is 0.295 e. The molecule has 2 fully saturated rings. The fourth-order valence-electron chi connectivity index (χ4n) is 4.39. The SMILES string of the molecule is CCOc1ccc(/C(O)=C2/C(=O)C(=O)N(CC3CCCO3)C2c2cccc(O)c2)cc1C. The molecule has 2 unspecified atom stereocenters. The zero-order valence-corrected chi connectivity index (χ0v) is 18.2. The number of phenolic OH excluding ortho intramolecular Hbond substituents is 1. The van der Waals surface area contributed by atoms with Gasteiger partial charge in [0.25, 0.3) is 11.7 Å². The monoisotopic (exact) mass is 437 g/mol. The first-order chi connectivity index (χ1) is 15.4. The van der Waals surface area contributed by atoms with Crippen molar-refractivity contribution in [1.29, 1.82) is 0 Å². The molecule has 0 aromatic heterocycles. The number of hydrogen-bond donors (Lipinski definition) is 2. The number of aliphatic hydroxyl groups excluding tert-OH is 1. The summed E-state index contributed by atoms with van der Waals surface area (Å²) in [5, 5.41) is 21.2. The second kappa shape index (κ2) is 9.04. The molecule has 0 radical (unpaired) electrons. The number of likely N-dealkylation sites (tertiary alicyclic amines) is 1. The van der Waals surface area contributed by atoms with Crippen LogP contribution in [0, 0.1) is 6.92 Å².